The second-order valence-corrected chi connectivity index (χ2v) is 5.36. The molecule has 0 saturated heterocycles. The Bertz CT molecular complexity index is 794. The van der Waals surface area contributed by atoms with Gasteiger partial charge in [-0.3, -0.25) is 5.43 Å². The molecule has 0 heterocycles. The van der Waals surface area contributed by atoms with Crippen molar-refractivity contribution in [3.8, 4) is 5.75 Å². The highest BCUT2D eigenvalue weighted by Gasteiger charge is 2.04. The lowest BCUT2D eigenvalue weighted by Gasteiger charge is -2.09. The van der Waals surface area contributed by atoms with Gasteiger partial charge in [0.05, 0.1) is 11.4 Å². The third-order valence-electron chi connectivity index (χ3n) is 3.08. The SMILES string of the molecule is C/C(=N/NC(=S)Nc1ccccc1F)c1ccc(OCC(=O)O)cc1. The highest BCUT2D eigenvalue weighted by atomic mass is 32.1. The molecule has 0 bridgehead atoms. The first-order valence-corrected chi connectivity index (χ1v) is 7.67. The van der Waals surface area contributed by atoms with E-state index in [2.05, 4.69) is 15.8 Å². The molecule has 6 nitrogen and oxygen atoms in total. The molecule has 0 fully saturated rings. The van der Waals surface area contributed by atoms with Gasteiger partial charge in [0.25, 0.3) is 0 Å². The minimum atomic E-state index is -1.04. The summed E-state index contributed by atoms with van der Waals surface area (Å²) in [6.45, 7) is 1.37. The molecule has 0 saturated carbocycles. The Morgan fingerprint density at radius 2 is 1.92 bits per heavy atom. The minimum absolute atomic E-state index is 0.158. The summed E-state index contributed by atoms with van der Waals surface area (Å²) < 4.78 is 18.6. The van der Waals surface area contributed by atoms with Crippen LogP contribution in [0.2, 0.25) is 0 Å². The van der Waals surface area contributed by atoms with Crippen molar-refractivity contribution < 1.29 is 19.0 Å². The number of nitrogens with one attached hydrogen (secondary N) is 2. The van der Waals surface area contributed by atoms with E-state index >= 15 is 0 Å². The Kier molecular flexibility index (Phi) is 6.41. The van der Waals surface area contributed by atoms with Crippen LogP contribution in [-0.4, -0.2) is 28.5 Å². The molecule has 2 aromatic rings. The number of rotatable bonds is 6. The Morgan fingerprint density at radius 1 is 1.24 bits per heavy atom. The van der Waals surface area contributed by atoms with Crippen LogP contribution in [-0.2, 0) is 4.79 Å². The number of halogens is 1. The lowest BCUT2D eigenvalue weighted by atomic mass is 10.1. The van der Waals surface area contributed by atoms with Crippen molar-refractivity contribution in [1.82, 2.24) is 5.43 Å². The molecule has 25 heavy (non-hydrogen) atoms. The standard InChI is InChI=1S/C17H16FN3O3S/c1-11(12-6-8-13(9-7-12)24-10-16(22)23)20-21-17(25)19-15-5-3-2-4-14(15)18/h2-9H,10H2,1H3,(H,22,23)(H2,19,21,25)/b20-11-. The second kappa shape index (κ2) is 8.74. The molecule has 0 aliphatic carbocycles. The number of nitrogens with zero attached hydrogens (tertiary/aromatic N) is 1. The summed E-state index contributed by atoms with van der Waals surface area (Å²) in [6, 6.07) is 12.9. The summed E-state index contributed by atoms with van der Waals surface area (Å²) in [5.41, 5.74) is 4.34. The minimum Gasteiger partial charge on any atom is -0.482 e. The van der Waals surface area contributed by atoms with E-state index in [1.165, 1.54) is 6.07 Å². The number of ether oxygens (including phenoxy) is 1. The molecule has 2 aromatic carbocycles. The maximum absolute atomic E-state index is 13.5. The predicted molar refractivity (Wildman–Crippen MR) is 97.5 cm³/mol. The maximum atomic E-state index is 13.5. The van der Waals surface area contributed by atoms with Crippen LogP contribution in [0.25, 0.3) is 0 Å². The monoisotopic (exact) mass is 361 g/mol. The number of hydrazone groups is 1. The zero-order valence-electron chi connectivity index (χ0n) is 13.3. The lowest BCUT2D eigenvalue weighted by molar-refractivity contribution is -0.139. The molecular formula is C17H16FN3O3S. The number of carbonyl (C=O) groups is 1. The van der Waals surface area contributed by atoms with Gasteiger partial charge in [0.15, 0.2) is 11.7 Å². The van der Waals surface area contributed by atoms with E-state index in [1.807, 2.05) is 0 Å². The van der Waals surface area contributed by atoms with E-state index in [0.29, 0.717) is 11.5 Å². The molecule has 130 valence electrons. The summed E-state index contributed by atoms with van der Waals surface area (Å²) in [6.07, 6.45) is 0. The van der Waals surface area contributed by atoms with Crippen molar-refractivity contribution in [3.63, 3.8) is 0 Å². The van der Waals surface area contributed by atoms with E-state index in [0.717, 1.165) is 5.56 Å². The Morgan fingerprint density at radius 3 is 2.56 bits per heavy atom. The van der Waals surface area contributed by atoms with Crippen LogP contribution in [0.1, 0.15) is 12.5 Å². The summed E-state index contributed by atoms with van der Waals surface area (Å²) in [5.74, 6) is -1.00. The topological polar surface area (TPSA) is 83.0 Å². The highest BCUT2D eigenvalue weighted by molar-refractivity contribution is 7.80. The molecule has 2 rings (SSSR count). The number of carboxylic acid groups (broad SMARTS) is 1. The van der Waals surface area contributed by atoms with Crippen molar-refractivity contribution in [2.24, 2.45) is 5.10 Å². The smallest absolute Gasteiger partial charge is 0.341 e. The molecule has 0 aromatic heterocycles. The van der Waals surface area contributed by atoms with Crippen LogP contribution >= 0.6 is 12.2 Å². The predicted octanol–water partition coefficient (Wildman–Crippen LogP) is 3.00. The van der Waals surface area contributed by atoms with Gasteiger partial charge in [-0.25, -0.2) is 9.18 Å². The van der Waals surface area contributed by atoms with Gasteiger partial charge in [-0.15, -0.1) is 0 Å². The second-order valence-electron chi connectivity index (χ2n) is 4.95. The number of aliphatic carboxylic acids is 1. The van der Waals surface area contributed by atoms with Gasteiger partial charge >= 0.3 is 5.97 Å². The van der Waals surface area contributed by atoms with Gasteiger partial charge in [-0.2, -0.15) is 5.10 Å². The first-order chi connectivity index (χ1) is 12.0. The Hall–Kier alpha value is -3.00. The van der Waals surface area contributed by atoms with Crippen molar-refractivity contribution in [1.29, 1.82) is 0 Å². The molecule has 0 amide bonds. The lowest BCUT2D eigenvalue weighted by Crippen LogP contribution is -2.25. The fraction of sp³-hybridized carbons (Fsp3) is 0.118. The van der Waals surface area contributed by atoms with Gasteiger partial charge < -0.3 is 15.2 Å². The number of anilines is 1. The van der Waals surface area contributed by atoms with Crippen molar-refractivity contribution in [3.05, 3.63) is 59.9 Å². The van der Waals surface area contributed by atoms with Crippen LogP contribution in [0, 0.1) is 5.82 Å². The van der Waals surface area contributed by atoms with Gasteiger partial charge in [-0.1, -0.05) is 12.1 Å². The van der Waals surface area contributed by atoms with E-state index in [4.69, 9.17) is 22.1 Å². The van der Waals surface area contributed by atoms with E-state index in [1.54, 1.807) is 49.4 Å². The summed E-state index contributed by atoms with van der Waals surface area (Å²) in [4.78, 5) is 10.5. The van der Waals surface area contributed by atoms with E-state index in [9.17, 15) is 9.18 Å². The number of thiocarbonyl (C=S) groups is 1. The quantitative estimate of drug-likeness (QED) is 0.417. The number of para-hydroxylation sites is 1. The summed E-state index contributed by atoms with van der Waals surface area (Å²) >= 11 is 5.07. The van der Waals surface area contributed by atoms with Crippen molar-refractivity contribution >= 4 is 34.7 Å². The average Bonchev–Trinajstić information content (AvgIpc) is 2.60. The molecule has 3 N–H and O–H groups in total. The molecule has 0 atom stereocenters. The molecule has 0 aliphatic heterocycles. The highest BCUT2D eigenvalue weighted by Crippen LogP contribution is 2.13. The molecule has 0 spiro atoms. The number of hydrogen-bond donors (Lipinski definition) is 3. The van der Waals surface area contributed by atoms with Crippen molar-refractivity contribution in [2.45, 2.75) is 6.92 Å². The fourth-order valence-corrected chi connectivity index (χ4v) is 2.01. The largest absolute Gasteiger partial charge is 0.482 e. The van der Waals surface area contributed by atoms with Gasteiger partial charge in [0.2, 0.25) is 0 Å². The molecular weight excluding hydrogens is 345 g/mol. The zero-order valence-corrected chi connectivity index (χ0v) is 14.1. The molecule has 0 radical (unpaired) electrons. The van der Waals surface area contributed by atoms with Crippen LogP contribution in [0.4, 0.5) is 10.1 Å². The van der Waals surface area contributed by atoms with Crippen LogP contribution < -0.4 is 15.5 Å². The summed E-state index contributed by atoms with van der Waals surface area (Å²) in [5, 5.41) is 15.6. The molecule has 0 aliphatic rings. The Balaban J connectivity index is 1.93. The van der Waals surface area contributed by atoms with Gasteiger partial charge in [0, 0.05) is 0 Å². The van der Waals surface area contributed by atoms with Gasteiger partial charge in [0.1, 0.15) is 11.6 Å². The zero-order chi connectivity index (χ0) is 18.2. The summed E-state index contributed by atoms with van der Waals surface area (Å²) in [7, 11) is 0. The van der Waals surface area contributed by atoms with Crippen molar-refractivity contribution in [2.75, 3.05) is 11.9 Å². The third kappa shape index (κ3) is 5.85. The molecule has 8 heteroatoms. The van der Waals surface area contributed by atoms with Crippen LogP contribution in [0.5, 0.6) is 5.75 Å². The Labute approximate surface area is 149 Å². The number of carboxylic acids is 1. The normalized spacial score (nSPS) is 10.9. The maximum Gasteiger partial charge on any atom is 0.341 e. The fourth-order valence-electron chi connectivity index (χ4n) is 1.85. The number of hydrogen-bond acceptors (Lipinski definition) is 4. The number of benzene rings is 2. The van der Waals surface area contributed by atoms with Gasteiger partial charge in [-0.05, 0) is 61.1 Å². The van der Waals surface area contributed by atoms with E-state index < -0.39 is 18.4 Å². The first-order valence-electron chi connectivity index (χ1n) is 7.26. The molecule has 0 unspecified atom stereocenters. The van der Waals surface area contributed by atoms with E-state index in [-0.39, 0.29) is 10.8 Å². The average molecular weight is 361 g/mol. The van der Waals surface area contributed by atoms with Crippen LogP contribution in [0.15, 0.2) is 53.6 Å². The van der Waals surface area contributed by atoms with Crippen LogP contribution in [0.3, 0.4) is 0 Å². The third-order valence-corrected chi connectivity index (χ3v) is 3.27. The first kappa shape index (κ1) is 18.3.